The van der Waals surface area contributed by atoms with Crippen LogP contribution in [0.1, 0.15) is 38.8 Å². The van der Waals surface area contributed by atoms with E-state index in [0.717, 1.165) is 32.0 Å². The highest BCUT2D eigenvalue weighted by molar-refractivity contribution is 7.07. The summed E-state index contributed by atoms with van der Waals surface area (Å²) in [6, 6.07) is 0. The fourth-order valence-corrected chi connectivity index (χ4v) is 4.04. The van der Waals surface area contributed by atoms with E-state index in [4.69, 9.17) is 4.74 Å². The molecular formula is C16H26N2OS. The van der Waals surface area contributed by atoms with E-state index in [-0.39, 0.29) is 5.41 Å². The van der Waals surface area contributed by atoms with E-state index in [1.165, 1.54) is 25.0 Å². The zero-order valence-corrected chi connectivity index (χ0v) is 13.4. The summed E-state index contributed by atoms with van der Waals surface area (Å²) in [7, 11) is 0. The standard InChI is InChI=1S/C16H26N2OS/c1-12(2)8-17-10-16(7-14-9-20-11-18-14)5-6-19-15(16)13-3-4-13/h9,11-13,15,17H,3-8,10H2,1-2H3. The third-order valence-electron chi connectivity index (χ3n) is 4.60. The molecule has 3 nitrogen and oxygen atoms in total. The van der Waals surface area contributed by atoms with E-state index in [1.807, 2.05) is 5.51 Å². The Bertz CT molecular complexity index is 416. The highest BCUT2D eigenvalue weighted by Gasteiger charge is 2.50. The Morgan fingerprint density at radius 1 is 1.50 bits per heavy atom. The average Bonchev–Trinajstić information content (AvgIpc) is 2.96. The van der Waals surface area contributed by atoms with Crippen molar-refractivity contribution >= 4 is 11.3 Å². The summed E-state index contributed by atoms with van der Waals surface area (Å²) >= 11 is 1.70. The molecule has 2 aliphatic rings. The van der Waals surface area contributed by atoms with Crippen molar-refractivity contribution in [3.05, 3.63) is 16.6 Å². The molecule has 1 saturated carbocycles. The highest BCUT2D eigenvalue weighted by Crippen LogP contribution is 2.49. The molecule has 0 radical (unpaired) electrons. The maximum absolute atomic E-state index is 6.13. The molecule has 1 aromatic rings. The van der Waals surface area contributed by atoms with E-state index in [9.17, 15) is 0 Å². The Balaban J connectivity index is 1.71. The molecule has 3 rings (SSSR count). The minimum absolute atomic E-state index is 0.268. The molecule has 0 aromatic carbocycles. The van der Waals surface area contributed by atoms with Crippen LogP contribution in [-0.4, -0.2) is 30.8 Å². The Morgan fingerprint density at radius 3 is 3.00 bits per heavy atom. The van der Waals surface area contributed by atoms with E-state index >= 15 is 0 Å². The van der Waals surface area contributed by atoms with Crippen molar-refractivity contribution in [3.8, 4) is 0 Å². The monoisotopic (exact) mass is 294 g/mol. The van der Waals surface area contributed by atoms with Gasteiger partial charge in [-0.25, -0.2) is 4.98 Å². The van der Waals surface area contributed by atoms with Crippen LogP contribution in [-0.2, 0) is 11.2 Å². The molecule has 1 aliphatic heterocycles. The molecule has 1 aromatic heterocycles. The van der Waals surface area contributed by atoms with Crippen LogP contribution in [0.15, 0.2) is 10.9 Å². The summed E-state index contributed by atoms with van der Waals surface area (Å²) in [5.41, 5.74) is 3.47. The lowest BCUT2D eigenvalue weighted by Gasteiger charge is -2.34. The van der Waals surface area contributed by atoms with Crippen molar-refractivity contribution in [1.82, 2.24) is 10.3 Å². The maximum atomic E-state index is 6.13. The lowest BCUT2D eigenvalue weighted by molar-refractivity contribution is 0.0300. The molecule has 20 heavy (non-hydrogen) atoms. The number of thiazole rings is 1. The van der Waals surface area contributed by atoms with Crippen LogP contribution in [0, 0.1) is 17.3 Å². The zero-order valence-electron chi connectivity index (χ0n) is 12.6. The molecule has 0 amide bonds. The van der Waals surface area contributed by atoms with Gasteiger partial charge >= 0.3 is 0 Å². The lowest BCUT2D eigenvalue weighted by Crippen LogP contribution is -2.44. The third-order valence-corrected chi connectivity index (χ3v) is 5.23. The summed E-state index contributed by atoms with van der Waals surface area (Å²) < 4.78 is 6.13. The fraction of sp³-hybridized carbons (Fsp3) is 0.812. The van der Waals surface area contributed by atoms with Crippen molar-refractivity contribution < 1.29 is 4.74 Å². The van der Waals surface area contributed by atoms with Gasteiger partial charge in [-0.2, -0.15) is 0 Å². The smallest absolute Gasteiger partial charge is 0.0794 e. The van der Waals surface area contributed by atoms with Crippen molar-refractivity contribution in [2.75, 3.05) is 19.7 Å². The maximum Gasteiger partial charge on any atom is 0.0794 e. The summed E-state index contributed by atoms with van der Waals surface area (Å²) in [6.07, 6.45) is 5.41. The van der Waals surface area contributed by atoms with Crippen molar-refractivity contribution in [2.45, 2.75) is 45.6 Å². The zero-order chi connectivity index (χ0) is 14.0. The quantitative estimate of drug-likeness (QED) is 0.839. The normalized spacial score (nSPS) is 30.2. The number of hydrogen-bond donors (Lipinski definition) is 1. The van der Waals surface area contributed by atoms with E-state index in [2.05, 4.69) is 29.5 Å². The number of aromatic nitrogens is 1. The molecule has 2 fully saturated rings. The molecule has 112 valence electrons. The van der Waals surface area contributed by atoms with Gasteiger partial charge in [0.15, 0.2) is 0 Å². The Kier molecular flexibility index (Phi) is 4.43. The Morgan fingerprint density at radius 2 is 2.35 bits per heavy atom. The molecule has 0 spiro atoms. The SMILES string of the molecule is CC(C)CNCC1(Cc2cscn2)CCOC1C1CC1. The van der Waals surface area contributed by atoms with Crippen LogP contribution >= 0.6 is 11.3 Å². The summed E-state index contributed by atoms with van der Waals surface area (Å²) in [5.74, 6) is 1.50. The van der Waals surface area contributed by atoms with Gasteiger partial charge < -0.3 is 10.1 Å². The first-order valence-electron chi connectivity index (χ1n) is 7.89. The minimum Gasteiger partial charge on any atom is -0.377 e. The van der Waals surface area contributed by atoms with Crippen LogP contribution < -0.4 is 5.32 Å². The summed E-state index contributed by atoms with van der Waals surface area (Å²) in [5, 5.41) is 5.89. The molecule has 0 bridgehead atoms. The molecule has 1 N–H and O–H groups in total. The van der Waals surface area contributed by atoms with Crippen LogP contribution in [0.3, 0.4) is 0 Å². The highest BCUT2D eigenvalue weighted by atomic mass is 32.1. The number of nitrogens with zero attached hydrogens (tertiary/aromatic N) is 1. The summed E-state index contributed by atoms with van der Waals surface area (Å²) in [4.78, 5) is 4.52. The number of ether oxygens (including phenoxy) is 1. The van der Waals surface area contributed by atoms with E-state index in [0.29, 0.717) is 12.0 Å². The first kappa shape index (κ1) is 14.5. The second kappa shape index (κ2) is 6.12. The molecule has 4 heteroatoms. The number of hydrogen-bond acceptors (Lipinski definition) is 4. The Hall–Kier alpha value is -0.450. The molecule has 2 unspecified atom stereocenters. The van der Waals surface area contributed by atoms with Gasteiger partial charge in [0.05, 0.1) is 17.3 Å². The molecule has 2 atom stereocenters. The van der Waals surface area contributed by atoms with Gasteiger partial charge in [0, 0.05) is 23.9 Å². The van der Waals surface area contributed by atoms with Crippen LogP contribution in [0.25, 0.3) is 0 Å². The van der Waals surface area contributed by atoms with Gasteiger partial charge in [-0.15, -0.1) is 11.3 Å². The van der Waals surface area contributed by atoms with Crippen molar-refractivity contribution in [3.63, 3.8) is 0 Å². The second-order valence-electron chi connectivity index (χ2n) is 6.92. The molecule has 2 heterocycles. The lowest BCUT2D eigenvalue weighted by atomic mass is 9.75. The van der Waals surface area contributed by atoms with Gasteiger partial charge in [-0.1, -0.05) is 13.8 Å². The van der Waals surface area contributed by atoms with E-state index in [1.54, 1.807) is 11.3 Å². The van der Waals surface area contributed by atoms with E-state index < -0.39 is 0 Å². The van der Waals surface area contributed by atoms with Crippen LogP contribution in [0.2, 0.25) is 0 Å². The number of nitrogens with one attached hydrogen (secondary N) is 1. The molecular weight excluding hydrogens is 268 g/mol. The van der Waals surface area contributed by atoms with Gasteiger partial charge in [0.1, 0.15) is 0 Å². The van der Waals surface area contributed by atoms with Gasteiger partial charge in [0.2, 0.25) is 0 Å². The first-order chi connectivity index (χ1) is 9.70. The predicted octanol–water partition coefficient (Wildman–Crippen LogP) is 3.12. The number of rotatable bonds is 7. The molecule has 1 saturated heterocycles. The Labute approximate surface area is 126 Å². The van der Waals surface area contributed by atoms with Crippen LogP contribution in [0.5, 0.6) is 0 Å². The largest absolute Gasteiger partial charge is 0.377 e. The van der Waals surface area contributed by atoms with Crippen molar-refractivity contribution in [1.29, 1.82) is 0 Å². The topological polar surface area (TPSA) is 34.2 Å². The van der Waals surface area contributed by atoms with Crippen molar-refractivity contribution in [2.24, 2.45) is 17.3 Å². The van der Waals surface area contributed by atoms with Crippen LogP contribution in [0.4, 0.5) is 0 Å². The molecule has 1 aliphatic carbocycles. The average molecular weight is 294 g/mol. The summed E-state index contributed by atoms with van der Waals surface area (Å²) in [6.45, 7) is 7.63. The van der Waals surface area contributed by atoms with Gasteiger partial charge in [-0.05, 0) is 44.1 Å². The third kappa shape index (κ3) is 3.23. The second-order valence-corrected chi connectivity index (χ2v) is 7.64. The first-order valence-corrected chi connectivity index (χ1v) is 8.83. The minimum atomic E-state index is 0.268. The van der Waals surface area contributed by atoms with Gasteiger partial charge in [-0.3, -0.25) is 0 Å². The van der Waals surface area contributed by atoms with Gasteiger partial charge in [0.25, 0.3) is 0 Å². The fourth-order valence-electron chi connectivity index (χ4n) is 3.48. The predicted molar refractivity (Wildman–Crippen MR) is 83.0 cm³/mol.